The molecular formula is C19H24N2O4. The van der Waals surface area contributed by atoms with Crippen molar-refractivity contribution < 1.29 is 19.1 Å². The number of piperidine rings is 1. The molecule has 6 heteroatoms. The van der Waals surface area contributed by atoms with E-state index in [2.05, 4.69) is 17.0 Å². The van der Waals surface area contributed by atoms with E-state index < -0.39 is 11.4 Å². The van der Waals surface area contributed by atoms with Crippen molar-refractivity contribution >= 4 is 23.5 Å². The summed E-state index contributed by atoms with van der Waals surface area (Å²) in [4.78, 5) is 38.8. The van der Waals surface area contributed by atoms with E-state index >= 15 is 0 Å². The van der Waals surface area contributed by atoms with E-state index in [1.165, 1.54) is 7.11 Å². The molecule has 1 saturated carbocycles. The number of nitrogens with zero attached hydrogens (tertiary/aromatic N) is 1. The van der Waals surface area contributed by atoms with E-state index in [0.717, 1.165) is 25.9 Å². The van der Waals surface area contributed by atoms with Crippen molar-refractivity contribution in [2.75, 3.05) is 25.5 Å². The highest BCUT2D eigenvalue weighted by molar-refractivity contribution is 6.13. The van der Waals surface area contributed by atoms with Gasteiger partial charge in [0.15, 0.2) is 0 Å². The molecule has 3 rings (SSSR count). The molecule has 0 unspecified atom stereocenters. The summed E-state index contributed by atoms with van der Waals surface area (Å²) in [6.45, 7) is 3.67. The molecule has 6 nitrogen and oxygen atoms in total. The van der Waals surface area contributed by atoms with Crippen LogP contribution in [0.25, 0.3) is 0 Å². The van der Waals surface area contributed by atoms with Gasteiger partial charge in [0.05, 0.1) is 12.7 Å². The van der Waals surface area contributed by atoms with Gasteiger partial charge in [-0.25, -0.2) is 4.79 Å². The summed E-state index contributed by atoms with van der Waals surface area (Å²) in [7, 11) is 1.32. The third-order valence-corrected chi connectivity index (χ3v) is 5.23. The summed E-state index contributed by atoms with van der Waals surface area (Å²) in [5.74, 6) is -0.0718. The zero-order chi connectivity index (χ0) is 18.0. The molecule has 2 aliphatic rings. The molecule has 1 aromatic carbocycles. The number of amides is 2. The molecular weight excluding hydrogens is 320 g/mol. The highest BCUT2D eigenvalue weighted by Crippen LogP contribution is 2.48. The number of ether oxygens (including phenoxy) is 1. The summed E-state index contributed by atoms with van der Waals surface area (Å²) in [6, 6.07) is 6.48. The number of hydrogen-bond donors (Lipinski definition) is 1. The normalized spacial score (nSPS) is 19.2. The Morgan fingerprint density at radius 1 is 1.12 bits per heavy atom. The van der Waals surface area contributed by atoms with Crippen molar-refractivity contribution in [2.24, 2.45) is 11.3 Å². The van der Waals surface area contributed by atoms with Crippen LogP contribution in [0.15, 0.2) is 24.3 Å². The maximum absolute atomic E-state index is 12.8. The topological polar surface area (TPSA) is 75.7 Å². The summed E-state index contributed by atoms with van der Waals surface area (Å²) in [5, 5.41) is 2.82. The Labute approximate surface area is 147 Å². The van der Waals surface area contributed by atoms with Crippen LogP contribution in [0.5, 0.6) is 0 Å². The zero-order valence-corrected chi connectivity index (χ0v) is 14.7. The first-order valence-corrected chi connectivity index (χ1v) is 8.75. The molecule has 0 atom stereocenters. The van der Waals surface area contributed by atoms with Crippen molar-refractivity contribution in [1.82, 2.24) is 4.90 Å². The van der Waals surface area contributed by atoms with Crippen molar-refractivity contribution in [2.45, 2.75) is 32.6 Å². The number of anilines is 1. The lowest BCUT2D eigenvalue weighted by atomic mass is 9.96. The number of rotatable bonds is 4. The van der Waals surface area contributed by atoms with Gasteiger partial charge in [-0.3, -0.25) is 9.59 Å². The SMILES string of the molecule is COC(=O)c1ccc(NC(=O)C2(C(=O)N3CCC(C)CC3)CC2)cc1. The van der Waals surface area contributed by atoms with Crippen molar-refractivity contribution in [1.29, 1.82) is 0 Å². The number of methoxy groups -OCH3 is 1. The number of likely N-dealkylation sites (tertiary alicyclic amines) is 1. The van der Waals surface area contributed by atoms with Gasteiger partial charge in [0.2, 0.25) is 11.8 Å². The van der Waals surface area contributed by atoms with Crippen LogP contribution in [-0.2, 0) is 14.3 Å². The van der Waals surface area contributed by atoms with Crippen LogP contribution in [0.4, 0.5) is 5.69 Å². The zero-order valence-electron chi connectivity index (χ0n) is 14.7. The number of carbonyl (C=O) groups is 3. The Balaban J connectivity index is 1.64. The minimum Gasteiger partial charge on any atom is -0.465 e. The number of carbonyl (C=O) groups excluding carboxylic acids is 3. The van der Waals surface area contributed by atoms with E-state index in [9.17, 15) is 14.4 Å². The van der Waals surface area contributed by atoms with Gasteiger partial charge in [-0.1, -0.05) is 6.92 Å². The van der Waals surface area contributed by atoms with Gasteiger partial charge < -0.3 is 15.0 Å². The van der Waals surface area contributed by atoms with E-state index in [4.69, 9.17) is 0 Å². The monoisotopic (exact) mass is 344 g/mol. The predicted molar refractivity (Wildman–Crippen MR) is 93.1 cm³/mol. The summed E-state index contributed by atoms with van der Waals surface area (Å²) < 4.78 is 4.65. The Bertz CT molecular complexity index is 671. The molecule has 0 aromatic heterocycles. The lowest BCUT2D eigenvalue weighted by Gasteiger charge is -2.32. The molecule has 1 N–H and O–H groups in total. The van der Waals surface area contributed by atoms with Gasteiger partial charge in [0.1, 0.15) is 5.41 Å². The first-order chi connectivity index (χ1) is 12.0. The average Bonchev–Trinajstić information content (AvgIpc) is 3.44. The number of benzene rings is 1. The van der Waals surface area contributed by atoms with E-state index in [-0.39, 0.29) is 11.8 Å². The Kier molecular flexibility index (Phi) is 4.79. The molecule has 134 valence electrons. The largest absolute Gasteiger partial charge is 0.465 e. The van der Waals surface area contributed by atoms with Gasteiger partial charge in [-0.05, 0) is 55.9 Å². The molecule has 1 aromatic rings. The highest BCUT2D eigenvalue weighted by Gasteiger charge is 2.58. The predicted octanol–water partition coefficient (Wildman–Crippen LogP) is 2.45. The molecule has 0 radical (unpaired) electrons. The minimum absolute atomic E-state index is 0.0388. The first kappa shape index (κ1) is 17.5. The lowest BCUT2D eigenvalue weighted by Crippen LogP contribution is -2.46. The first-order valence-electron chi connectivity index (χ1n) is 8.75. The van der Waals surface area contributed by atoms with Crippen LogP contribution >= 0.6 is 0 Å². The Morgan fingerprint density at radius 3 is 2.24 bits per heavy atom. The fraction of sp³-hybridized carbons (Fsp3) is 0.526. The Hall–Kier alpha value is -2.37. The third kappa shape index (κ3) is 3.52. The number of hydrogen-bond acceptors (Lipinski definition) is 4. The lowest BCUT2D eigenvalue weighted by molar-refractivity contribution is -0.143. The molecule has 0 spiro atoms. The Morgan fingerprint density at radius 2 is 1.72 bits per heavy atom. The highest BCUT2D eigenvalue weighted by atomic mass is 16.5. The van der Waals surface area contributed by atoms with E-state index in [1.807, 2.05) is 4.90 Å². The van der Waals surface area contributed by atoms with Gasteiger partial charge in [0.25, 0.3) is 0 Å². The molecule has 1 saturated heterocycles. The molecule has 1 aliphatic heterocycles. The average molecular weight is 344 g/mol. The summed E-state index contributed by atoms with van der Waals surface area (Å²) in [6.07, 6.45) is 3.20. The fourth-order valence-electron chi connectivity index (χ4n) is 3.24. The molecule has 1 heterocycles. The van der Waals surface area contributed by atoms with Gasteiger partial charge in [0, 0.05) is 18.8 Å². The maximum Gasteiger partial charge on any atom is 0.337 e. The summed E-state index contributed by atoms with van der Waals surface area (Å²) >= 11 is 0. The maximum atomic E-state index is 12.8. The molecule has 0 bridgehead atoms. The van der Waals surface area contributed by atoms with Crippen LogP contribution < -0.4 is 5.32 Å². The number of esters is 1. The molecule has 25 heavy (non-hydrogen) atoms. The van der Waals surface area contributed by atoms with Crippen molar-refractivity contribution in [3.8, 4) is 0 Å². The van der Waals surface area contributed by atoms with E-state index in [1.54, 1.807) is 24.3 Å². The van der Waals surface area contributed by atoms with E-state index in [0.29, 0.717) is 30.0 Å². The third-order valence-electron chi connectivity index (χ3n) is 5.23. The van der Waals surface area contributed by atoms with Crippen LogP contribution in [0, 0.1) is 11.3 Å². The van der Waals surface area contributed by atoms with Crippen molar-refractivity contribution in [3.63, 3.8) is 0 Å². The minimum atomic E-state index is -0.901. The molecule has 2 fully saturated rings. The quantitative estimate of drug-likeness (QED) is 0.672. The van der Waals surface area contributed by atoms with Crippen LogP contribution in [0.3, 0.4) is 0 Å². The second-order valence-corrected chi connectivity index (χ2v) is 7.08. The molecule has 1 aliphatic carbocycles. The smallest absolute Gasteiger partial charge is 0.337 e. The second-order valence-electron chi connectivity index (χ2n) is 7.08. The number of nitrogens with one attached hydrogen (secondary N) is 1. The van der Waals surface area contributed by atoms with Crippen LogP contribution in [0.1, 0.15) is 43.0 Å². The summed E-state index contributed by atoms with van der Waals surface area (Å²) in [5.41, 5.74) is 0.0888. The van der Waals surface area contributed by atoms with Crippen LogP contribution in [-0.4, -0.2) is 42.9 Å². The standard InChI is InChI=1S/C19H24N2O4/c1-13-7-11-21(12-8-13)18(24)19(9-10-19)17(23)20-15-5-3-14(4-6-15)16(22)25-2/h3-6,13H,7-12H2,1-2H3,(H,20,23). The molecule has 2 amide bonds. The van der Waals surface area contributed by atoms with Gasteiger partial charge in [-0.15, -0.1) is 0 Å². The fourth-order valence-corrected chi connectivity index (χ4v) is 3.24. The van der Waals surface area contributed by atoms with Crippen LogP contribution in [0.2, 0.25) is 0 Å². The van der Waals surface area contributed by atoms with Crippen molar-refractivity contribution in [3.05, 3.63) is 29.8 Å². The second kappa shape index (κ2) is 6.86. The van der Waals surface area contributed by atoms with Gasteiger partial charge in [-0.2, -0.15) is 0 Å². The van der Waals surface area contributed by atoms with Gasteiger partial charge >= 0.3 is 5.97 Å².